The molecule has 3 nitrogen and oxygen atoms in total. The van der Waals surface area contributed by atoms with Crippen LogP contribution in [0.25, 0.3) is 0 Å². The van der Waals surface area contributed by atoms with Crippen LogP contribution < -0.4 is 5.73 Å². The number of hydrogen-bond acceptors (Lipinski definition) is 4. The molecule has 1 aromatic carbocycles. The summed E-state index contributed by atoms with van der Waals surface area (Å²) in [4.78, 5) is 0. The molecule has 0 amide bonds. The molecule has 0 aliphatic carbocycles. The van der Waals surface area contributed by atoms with Gasteiger partial charge < -0.3 is 5.73 Å². The lowest BCUT2D eigenvalue weighted by Gasteiger charge is -1.99. The van der Waals surface area contributed by atoms with E-state index in [1.54, 1.807) is 0 Å². The summed E-state index contributed by atoms with van der Waals surface area (Å²) in [5.74, 6) is 0. The van der Waals surface area contributed by atoms with E-state index in [1.165, 1.54) is 11.3 Å². The first kappa shape index (κ1) is 11.5. The van der Waals surface area contributed by atoms with E-state index in [9.17, 15) is 0 Å². The van der Waals surface area contributed by atoms with Gasteiger partial charge in [0.1, 0.15) is 10.0 Å². The molecule has 0 aliphatic heterocycles. The normalized spacial score (nSPS) is 12.7. The summed E-state index contributed by atoms with van der Waals surface area (Å²) in [5, 5.41) is 10.7. The highest BCUT2D eigenvalue weighted by atomic mass is 35.5. The predicted molar refractivity (Wildman–Crippen MR) is 66.8 cm³/mol. The first-order valence-corrected chi connectivity index (χ1v) is 6.17. The highest BCUT2D eigenvalue weighted by Crippen LogP contribution is 2.22. The molecule has 1 aromatic heterocycles. The Morgan fingerprint density at radius 1 is 1.38 bits per heavy atom. The molecule has 0 fully saturated rings. The summed E-state index contributed by atoms with van der Waals surface area (Å²) in [7, 11) is 0. The Morgan fingerprint density at radius 3 is 2.75 bits per heavy atom. The second kappa shape index (κ2) is 4.91. The summed E-state index contributed by atoms with van der Waals surface area (Å²) < 4.78 is 0. The summed E-state index contributed by atoms with van der Waals surface area (Å²) in [6, 6.07) is 7.70. The van der Waals surface area contributed by atoms with E-state index >= 15 is 0 Å². The number of nitrogens with two attached hydrogens (primary N) is 1. The highest BCUT2D eigenvalue weighted by Gasteiger charge is 2.09. The maximum absolute atomic E-state index is 6.08. The van der Waals surface area contributed by atoms with Crippen molar-refractivity contribution in [2.75, 3.05) is 0 Å². The minimum atomic E-state index is -0.0579. The van der Waals surface area contributed by atoms with Gasteiger partial charge in [0.25, 0.3) is 0 Å². The molecule has 1 atom stereocenters. The van der Waals surface area contributed by atoms with Crippen molar-refractivity contribution in [3.8, 4) is 0 Å². The third-order valence-electron chi connectivity index (χ3n) is 2.17. The summed E-state index contributed by atoms with van der Waals surface area (Å²) in [5.41, 5.74) is 6.80. The lowest BCUT2D eigenvalue weighted by molar-refractivity contribution is 0.782. The zero-order valence-electron chi connectivity index (χ0n) is 8.85. The van der Waals surface area contributed by atoms with Crippen molar-refractivity contribution in [1.82, 2.24) is 10.2 Å². The largest absolute Gasteiger partial charge is 0.322 e. The molecule has 16 heavy (non-hydrogen) atoms. The molecule has 0 saturated carbocycles. The van der Waals surface area contributed by atoms with Crippen molar-refractivity contribution in [3.05, 3.63) is 44.9 Å². The molecule has 2 rings (SSSR count). The molecule has 1 unspecified atom stereocenters. The van der Waals surface area contributed by atoms with Gasteiger partial charge in [-0.3, -0.25) is 0 Å². The van der Waals surface area contributed by atoms with Crippen LogP contribution in [0.1, 0.15) is 28.5 Å². The van der Waals surface area contributed by atoms with Crippen LogP contribution in [0.2, 0.25) is 5.02 Å². The lowest BCUT2D eigenvalue weighted by Crippen LogP contribution is -2.03. The Hall–Kier alpha value is -0.970. The van der Waals surface area contributed by atoms with Crippen LogP contribution in [0, 0.1) is 0 Å². The maximum Gasteiger partial charge on any atom is 0.133 e. The standard InChI is InChI=1S/C11H12ClN3S/c1-7(13)11-15-14-10(16-11)6-8-4-2-3-5-9(8)12/h2-5,7H,6,13H2,1H3. The smallest absolute Gasteiger partial charge is 0.133 e. The number of halogens is 1. The number of benzene rings is 1. The monoisotopic (exact) mass is 253 g/mol. The van der Waals surface area contributed by atoms with Crippen LogP contribution in [0.15, 0.2) is 24.3 Å². The van der Waals surface area contributed by atoms with Crippen molar-refractivity contribution in [2.45, 2.75) is 19.4 Å². The summed E-state index contributed by atoms with van der Waals surface area (Å²) >= 11 is 7.61. The third-order valence-corrected chi connectivity index (χ3v) is 3.66. The Bertz CT molecular complexity index is 482. The first-order chi connectivity index (χ1) is 7.66. The van der Waals surface area contributed by atoms with E-state index in [0.29, 0.717) is 6.42 Å². The Morgan fingerprint density at radius 2 is 2.12 bits per heavy atom. The van der Waals surface area contributed by atoms with Crippen LogP contribution >= 0.6 is 22.9 Å². The minimum Gasteiger partial charge on any atom is -0.322 e. The van der Waals surface area contributed by atoms with Gasteiger partial charge in [-0.1, -0.05) is 41.1 Å². The van der Waals surface area contributed by atoms with Gasteiger partial charge in [0.2, 0.25) is 0 Å². The summed E-state index contributed by atoms with van der Waals surface area (Å²) in [6.07, 6.45) is 0.712. The van der Waals surface area contributed by atoms with E-state index in [0.717, 1.165) is 20.6 Å². The van der Waals surface area contributed by atoms with Crippen molar-refractivity contribution in [1.29, 1.82) is 0 Å². The number of rotatable bonds is 3. The van der Waals surface area contributed by atoms with E-state index in [2.05, 4.69) is 10.2 Å². The number of aromatic nitrogens is 2. The average Bonchev–Trinajstić information content (AvgIpc) is 2.70. The number of hydrogen-bond donors (Lipinski definition) is 1. The van der Waals surface area contributed by atoms with Gasteiger partial charge >= 0.3 is 0 Å². The van der Waals surface area contributed by atoms with Crippen LogP contribution in [0.4, 0.5) is 0 Å². The highest BCUT2D eigenvalue weighted by molar-refractivity contribution is 7.11. The Balaban J connectivity index is 2.18. The van der Waals surface area contributed by atoms with Gasteiger partial charge in [-0.05, 0) is 18.6 Å². The fraction of sp³-hybridized carbons (Fsp3) is 0.273. The van der Waals surface area contributed by atoms with Crippen LogP contribution in [0.3, 0.4) is 0 Å². The molecule has 84 valence electrons. The van der Waals surface area contributed by atoms with E-state index in [1.807, 2.05) is 31.2 Å². The van der Waals surface area contributed by atoms with Crippen molar-refractivity contribution in [2.24, 2.45) is 5.73 Å². The fourth-order valence-corrected chi connectivity index (χ4v) is 2.35. The Labute approximate surface area is 103 Å². The van der Waals surface area contributed by atoms with Crippen LogP contribution in [-0.4, -0.2) is 10.2 Å². The molecule has 1 heterocycles. The molecular formula is C11H12ClN3S. The quantitative estimate of drug-likeness (QED) is 0.915. The zero-order chi connectivity index (χ0) is 11.5. The SMILES string of the molecule is CC(N)c1nnc(Cc2ccccc2Cl)s1. The van der Waals surface area contributed by atoms with Crippen molar-refractivity contribution < 1.29 is 0 Å². The predicted octanol–water partition coefficient (Wildman–Crippen LogP) is 2.80. The van der Waals surface area contributed by atoms with Crippen LogP contribution in [-0.2, 0) is 6.42 Å². The average molecular weight is 254 g/mol. The maximum atomic E-state index is 6.08. The van der Waals surface area contributed by atoms with Crippen LogP contribution in [0.5, 0.6) is 0 Å². The van der Waals surface area contributed by atoms with E-state index in [4.69, 9.17) is 17.3 Å². The van der Waals surface area contributed by atoms with Gasteiger partial charge in [0.05, 0.1) is 6.04 Å². The molecule has 0 saturated heterocycles. The summed E-state index contributed by atoms with van der Waals surface area (Å²) in [6.45, 7) is 1.90. The lowest BCUT2D eigenvalue weighted by atomic mass is 10.2. The second-order valence-electron chi connectivity index (χ2n) is 3.59. The molecule has 0 spiro atoms. The molecule has 2 aromatic rings. The topological polar surface area (TPSA) is 51.8 Å². The van der Waals surface area contributed by atoms with Crippen molar-refractivity contribution in [3.63, 3.8) is 0 Å². The van der Waals surface area contributed by atoms with Gasteiger partial charge in [0.15, 0.2) is 0 Å². The van der Waals surface area contributed by atoms with Gasteiger partial charge in [-0.15, -0.1) is 10.2 Å². The second-order valence-corrected chi connectivity index (χ2v) is 5.09. The van der Waals surface area contributed by atoms with Crippen molar-refractivity contribution >= 4 is 22.9 Å². The van der Waals surface area contributed by atoms with Gasteiger partial charge in [-0.25, -0.2) is 0 Å². The first-order valence-electron chi connectivity index (χ1n) is 4.98. The fourth-order valence-electron chi connectivity index (χ4n) is 1.33. The zero-order valence-corrected chi connectivity index (χ0v) is 10.4. The Kier molecular flexibility index (Phi) is 3.53. The molecule has 5 heteroatoms. The molecule has 0 aliphatic rings. The number of nitrogens with zero attached hydrogens (tertiary/aromatic N) is 2. The molecular weight excluding hydrogens is 242 g/mol. The molecule has 2 N–H and O–H groups in total. The van der Waals surface area contributed by atoms with E-state index < -0.39 is 0 Å². The molecule has 0 radical (unpaired) electrons. The van der Waals surface area contributed by atoms with E-state index in [-0.39, 0.29) is 6.04 Å². The van der Waals surface area contributed by atoms with Gasteiger partial charge in [-0.2, -0.15) is 0 Å². The minimum absolute atomic E-state index is 0.0579. The third kappa shape index (κ3) is 2.58. The molecule has 0 bridgehead atoms. The van der Waals surface area contributed by atoms with Gasteiger partial charge in [0, 0.05) is 11.4 Å².